The topological polar surface area (TPSA) is 32.3 Å². The number of alkyl halides is 3. The van der Waals surface area contributed by atoms with E-state index < -0.39 is 23.5 Å². The lowest BCUT2D eigenvalue weighted by molar-refractivity contribution is -0.191. The van der Waals surface area contributed by atoms with Crippen molar-refractivity contribution in [3.8, 4) is 0 Å². The Bertz CT molecular complexity index is 585. The molecule has 1 amide bonds. The van der Waals surface area contributed by atoms with E-state index >= 15 is 0 Å². The Morgan fingerprint density at radius 3 is 2.00 bits per heavy atom. The number of hydrogen-bond acceptors (Lipinski definition) is 2. The number of hydrogen-bond donors (Lipinski definition) is 1. The third-order valence-electron chi connectivity index (χ3n) is 4.14. The molecule has 1 atom stereocenters. The number of benzene rings is 1. The van der Waals surface area contributed by atoms with E-state index in [1.165, 1.54) is 12.1 Å². The molecule has 1 heterocycles. The largest absolute Gasteiger partial charge is 0.409 e. The Balaban J connectivity index is 2.36. The number of rotatable bonds is 2. The minimum Gasteiger partial charge on any atom is -0.287 e. The minimum absolute atomic E-state index is 0.0109. The molecule has 0 saturated carbocycles. The summed E-state index contributed by atoms with van der Waals surface area (Å²) in [6.07, 6.45) is -4.48. The Kier molecular flexibility index (Phi) is 4.26. The van der Waals surface area contributed by atoms with Gasteiger partial charge in [0, 0.05) is 6.54 Å². The molecule has 3 nitrogen and oxygen atoms in total. The van der Waals surface area contributed by atoms with E-state index in [9.17, 15) is 18.0 Å². The molecule has 1 fully saturated rings. The molecule has 6 heteroatoms. The summed E-state index contributed by atoms with van der Waals surface area (Å²) in [4.78, 5) is 11.8. The van der Waals surface area contributed by atoms with Crippen LogP contribution < -0.4 is 5.43 Å². The Morgan fingerprint density at radius 2 is 1.65 bits per heavy atom. The van der Waals surface area contributed by atoms with Crippen molar-refractivity contribution in [2.24, 2.45) is 5.41 Å². The lowest BCUT2D eigenvalue weighted by atomic mass is 9.86. The molecule has 1 aliphatic heterocycles. The molecule has 23 heavy (non-hydrogen) atoms. The lowest BCUT2D eigenvalue weighted by Gasteiger charge is -2.30. The first kappa shape index (κ1) is 17.8. The van der Waals surface area contributed by atoms with Crippen LogP contribution in [0.4, 0.5) is 13.2 Å². The fraction of sp³-hybridized carbons (Fsp3) is 0.588. The van der Waals surface area contributed by atoms with Crippen molar-refractivity contribution >= 4 is 5.91 Å². The van der Waals surface area contributed by atoms with E-state index in [0.717, 1.165) is 10.6 Å². The van der Waals surface area contributed by atoms with E-state index in [-0.39, 0.29) is 17.5 Å². The van der Waals surface area contributed by atoms with E-state index in [1.807, 2.05) is 20.8 Å². The Hall–Kier alpha value is -1.56. The first-order chi connectivity index (χ1) is 10.3. The number of amides is 1. The first-order valence-corrected chi connectivity index (χ1v) is 7.57. The highest BCUT2D eigenvalue weighted by Gasteiger charge is 2.51. The number of nitrogens with one attached hydrogen (secondary N) is 1. The van der Waals surface area contributed by atoms with Crippen LogP contribution in [0.1, 0.15) is 51.8 Å². The summed E-state index contributed by atoms with van der Waals surface area (Å²) in [6.45, 7) is 9.30. The second kappa shape index (κ2) is 5.51. The van der Waals surface area contributed by atoms with Gasteiger partial charge in [-0.2, -0.15) is 13.2 Å². The van der Waals surface area contributed by atoms with Gasteiger partial charge in [-0.3, -0.25) is 10.2 Å². The van der Waals surface area contributed by atoms with Gasteiger partial charge in [-0.05, 0) is 30.4 Å². The van der Waals surface area contributed by atoms with Crippen LogP contribution in [0, 0.1) is 5.41 Å². The molecule has 0 spiro atoms. The molecule has 1 N–H and O–H groups in total. The van der Waals surface area contributed by atoms with E-state index in [4.69, 9.17) is 0 Å². The van der Waals surface area contributed by atoms with Gasteiger partial charge in [0.05, 0.1) is 5.41 Å². The smallest absolute Gasteiger partial charge is 0.287 e. The second-order valence-electron chi connectivity index (χ2n) is 7.77. The monoisotopic (exact) mass is 328 g/mol. The number of carbonyl (C=O) groups is 1. The molecule has 128 valence electrons. The number of halogens is 3. The van der Waals surface area contributed by atoms with Gasteiger partial charge in [0.15, 0.2) is 0 Å². The summed E-state index contributed by atoms with van der Waals surface area (Å²) in [5.74, 6) is -0.391. The third kappa shape index (κ3) is 3.68. The van der Waals surface area contributed by atoms with Crippen molar-refractivity contribution in [3.05, 3.63) is 35.4 Å². The van der Waals surface area contributed by atoms with Gasteiger partial charge >= 0.3 is 6.18 Å². The molecule has 1 aromatic carbocycles. The fourth-order valence-electron chi connectivity index (χ4n) is 2.69. The molecule has 0 aliphatic carbocycles. The zero-order valence-electron chi connectivity index (χ0n) is 14.1. The van der Waals surface area contributed by atoms with Crippen molar-refractivity contribution in [1.82, 2.24) is 10.4 Å². The summed E-state index contributed by atoms with van der Waals surface area (Å²) in [7, 11) is 0. The van der Waals surface area contributed by atoms with Crippen LogP contribution >= 0.6 is 0 Å². The van der Waals surface area contributed by atoms with E-state index in [0.29, 0.717) is 0 Å². The maximum atomic E-state index is 13.6. The molecule has 0 radical (unpaired) electrons. The van der Waals surface area contributed by atoms with Crippen LogP contribution in [0.5, 0.6) is 0 Å². The van der Waals surface area contributed by atoms with Gasteiger partial charge in [0.25, 0.3) is 0 Å². The minimum atomic E-state index is -4.48. The van der Waals surface area contributed by atoms with E-state index in [2.05, 4.69) is 5.43 Å². The van der Waals surface area contributed by atoms with Gasteiger partial charge in [-0.15, -0.1) is 0 Å². The van der Waals surface area contributed by atoms with E-state index in [1.54, 1.807) is 26.0 Å². The van der Waals surface area contributed by atoms with Gasteiger partial charge in [0.2, 0.25) is 5.91 Å². The molecular formula is C17H23F3N2O. The normalized spacial score (nSPS) is 20.4. The lowest BCUT2D eigenvalue weighted by Crippen LogP contribution is -2.43. The molecule has 0 unspecified atom stereocenters. The molecule has 0 bridgehead atoms. The number of nitrogens with zero attached hydrogens (tertiary/aromatic N) is 1. The third-order valence-corrected chi connectivity index (χ3v) is 4.14. The highest BCUT2D eigenvalue weighted by Crippen LogP contribution is 2.40. The first-order valence-electron chi connectivity index (χ1n) is 7.57. The SMILES string of the molecule is CC1(C)CN([C@@H](c2ccc(C(C)(C)C)cc2)C(F)(F)F)NC1=O. The van der Waals surface area contributed by atoms with Crippen molar-refractivity contribution < 1.29 is 18.0 Å². The molecule has 2 rings (SSSR count). The Morgan fingerprint density at radius 1 is 1.13 bits per heavy atom. The van der Waals surface area contributed by atoms with Crippen LogP contribution in [0.2, 0.25) is 0 Å². The number of hydrazine groups is 1. The van der Waals surface area contributed by atoms with Crippen molar-refractivity contribution in [3.63, 3.8) is 0 Å². The highest BCUT2D eigenvalue weighted by molar-refractivity contribution is 5.83. The highest BCUT2D eigenvalue weighted by atomic mass is 19.4. The zero-order valence-corrected chi connectivity index (χ0v) is 14.1. The van der Waals surface area contributed by atoms with Gasteiger partial charge in [-0.1, -0.05) is 45.0 Å². The average molecular weight is 328 g/mol. The quantitative estimate of drug-likeness (QED) is 0.891. The summed E-state index contributed by atoms with van der Waals surface area (Å²) in [6, 6.07) is 4.59. The van der Waals surface area contributed by atoms with Crippen LogP contribution in [0.15, 0.2) is 24.3 Å². The van der Waals surface area contributed by atoms with Crippen molar-refractivity contribution in [2.45, 2.75) is 52.3 Å². The van der Waals surface area contributed by atoms with Crippen LogP contribution in [0.25, 0.3) is 0 Å². The van der Waals surface area contributed by atoms with Crippen molar-refractivity contribution in [2.75, 3.05) is 6.54 Å². The van der Waals surface area contributed by atoms with Crippen LogP contribution in [-0.4, -0.2) is 23.6 Å². The standard InChI is InChI=1S/C17H23F3N2O/c1-15(2,3)12-8-6-11(7-9-12)13(17(18,19)20)22-10-16(4,5)14(23)21-22/h6-9,13H,10H2,1-5H3,(H,21,23)/t13-/m0/s1. The molecule has 0 aromatic heterocycles. The molecule has 1 aliphatic rings. The second-order valence-corrected chi connectivity index (χ2v) is 7.77. The fourth-order valence-corrected chi connectivity index (χ4v) is 2.69. The Labute approximate surface area is 134 Å². The summed E-state index contributed by atoms with van der Waals surface area (Å²) >= 11 is 0. The van der Waals surface area contributed by atoms with Crippen LogP contribution in [-0.2, 0) is 10.2 Å². The summed E-state index contributed by atoms with van der Waals surface area (Å²) < 4.78 is 40.7. The maximum absolute atomic E-state index is 13.6. The van der Waals surface area contributed by atoms with Crippen LogP contribution in [0.3, 0.4) is 0 Å². The van der Waals surface area contributed by atoms with Gasteiger partial charge in [-0.25, -0.2) is 5.01 Å². The molecule has 1 aromatic rings. The predicted molar refractivity (Wildman–Crippen MR) is 82.6 cm³/mol. The summed E-state index contributed by atoms with van der Waals surface area (Å²) in [5, 5.41) is 0.994. The van der Waals surface area contributed by atoms with Crippen molar-refractivity contribution in [1.29, 1.82) is 0 Å². The summed E-state index contributed by atoms with van der Waals surface area (Å²) in [5.41, 5.74) is 2.50. The molecular weight excluding hydrogens is 305 g/mol. The number of carbonyl (C=O) groups excluding carboxylic acids is 1. The van der Waals surface area contributed by atoms with Gasteiger partial charge in [0.1, 0.15) is 6.04 Å². The predicted octanol–water partition coefficient (Wildman–Crippen LogP) is 3.96. The average Bonchev–Trinajstić information content (AvgIpc) is 2.61. The van der Waals surface area contributed by atoms with Gasteiger partial charge < -0.3 is 0 Å². The maximum Gasteiger partial charge on any atom is 0.409 e. The zero-order chi connectivity index (χ0) is 17.6. The molecule has 1 saturated heterocycles.